The van der Waals surface area contributed by atoms with Crippen LogP contribution in [-0.2, 0) is 0 Å². The molecule has 14 heavy (non-hydrogen) atoms. The van der Waals surface area contributed by atoms with Crippen molar-refractivity contribution in [3.8, 4) is 0 Å². The van der Waals surface area contributed by atoms with Crippen molar-refractivity contribution in [2.75, 3.05) is 0 Å². The number of nitrogens with one attached hydrogen (secondary N) is 1. The van der Waals surface area contributed by atoms with Gasteiger partial charge in [0.1, 0.15) is 5.69 Å². The average molecular weight is 323 g/mol. The van der Waals surface area contributed by atoms with Gasteiger partial charge in [-0.15, -0.1) is 34.0 Å². The number of carbonyl (C=O) groups is 1. The van der Waals surface area contributed by atoms with E-state index in [1.807, 2.05) is 6.07 Å². The monoisotopic (exact) mass is 321 g/mol. The van der Waals surface area contributed by atoms with Crippen LogP contribution in [0.4, 0.5) is 0 Å². The van der Waals surface area contributed by atoms with Gasteiger partial charge in [-0.3, -0.25) is 9.78 Å². The summed E-state index contributed by atoms with van der Waals surface area (Å²) in [7, 11) is 0. The fourth-order valence-corrected chi connectivity index (χ4v) is 1.09. The largest absolute Gasteiger partial charge is 0.364 e. The van der Waals surface area contributed by atoms with Gasteiger partial charge < -0.3 is 10.7 Å². The fraction of sp³-hybridized carbons (Fsp3) is 0. The molecule has 0 radical (unpaired) electrons. The number of aromatic amines is 1. The first-order valence-electron chi connectivity index (χ1n) is 3.51. The van der Waals surface area contributed by atoms with E-state index < -0.39 is 5.91 Å². The molecule has 0 aromatic carbocycles. The van der Waals surface area contributed by atoms with Crippen LogP contribution in [0.3, 0.4) is 0 Å². The Labute approximate surface area is 101 Å². The Bertz CT molecular complexity index is 408. The van der Waals surface area contributed by atoms with Crippen LogP contribution in [-0.4, -0.2) is 15.9 Å². The van der Waals surface area contributed by atoms with Crippen LogP contribution in [0.15, 0.2) is 24.4 Å². The number of halogens is 2. The lowest BCUT2D eigenvalue weighted by Gasteiger charge is -1.84. The van der Waals surface area contributed by atoms with Gasteiger partial charge in [0.05, 0.1) is 11.0 Å². The Morgan fingerprint density at radius 1 is 1.43 bits per heavy atom. The molecule has 0 atom stereocenters. The third-order valence-corrected chi connectivity index (χ3v) is 1.65. The van der Waals surface area contributed by atoms with E-state index in [9.17, 15) is 4.79 Å². The maximum atomic E-state index is 10.7. The first-order chi connectivity index (χ1) is 5.77. The quantitative estimate of drug-likeness (QED) is 0.840. The lowest BCUT2D eigenvalue weighted by atomic mass is 10.4. The first-order valence-corrected chi connectivity index (χ1v) is 3.51. The number of nitrogens with zero attached hydrogens (tertiary/aromatic N) is 1. The minimum absolute atomic E-state index is 0. The molecule has 76 valence electrons. The topological polar surface area (TPSA) is 71.8 Å². The fourth-order valence-electron chi connectivity index (χ4n) is 1.09. The summed E-state index contributed by atoms with van der Waals surface area (Å²) in [4.78, 5) is 17.6. The summed E-state index contributed by atoms with van der Waals surface area (Å²) in [5.41, 5.74) is 7.05. The minimum atomic E-state index is -0.465. The van der Waals surface area contributed by atoms with Gasteiger partial charge in [0.2, 0.25) is 0 Å². The molecular formula is C8H9Br2N3O. The molecule has 2 heterocycles. The van der Waals surface area contributed by atoms with Gasteiger partial charge in [-0.1, -0.05) is 0 Å². The van der Waals surface area contributed by atoms with Gasteiger partial charge in [-0.2, -0.15) is 0 Å². The van der Waals surface area contributed by atoms with Crippen LogP contribution in [0.2, 0.25) is 0 Å². The van der Waals surface area contributed by atoms with Crippen molar-refractivity contribution in [2.24, 2.45) is 5.73 Å². The van der Waals surface area contributed by atoms with Crippen LogP contribution < -0.4 is 5.73 Å². The molecule has 2 aromatic heterocycles. The van der Waals surface area contributed by atoms with Gasteiger partial charge in [0.25, 0.3) is 5.91 Å². The second kappa shape index (κ2) is 5.11. The van der Waals surface area contributed by atoms with E-state index in [1.165, 1.54) is 0 Å². The maximum Gasteiger partial charge on any atom is 0.265 e. The van der Waals surface area contributed by atoms with Crippen molar-refractivity contribution in [2.45, 2.75) is 0 Å². The van der Waals surface area contributed by atoms with Gasteiger partial charge in [0, 0.05) is 6.20 Å². The molecule has 0 saturated carbocycles. The number of carbonyl (C=O) groups excluding carboxylic acids is 1. The molecule has 0 unspecified atom stereocenters. The number of hydrogen-bond donors (Lipinski definition) is 2. The SMILES string of the molecule is Br.Br.NC(=O)c1cc2ncccc2[nH]1. The van der Waals surface area contributed by atoms with Gasteiger partial charge in [-0.05, 0) is 18.2 Å². The summed E-state index contributed by atoms with van der Waals surface area (Å²) in [6.45, 7) is 0. The smallest absolute Gasteiger partial charge is 0.265 e. The third-order valence-electron chi connectivity index (χ3n) is 1.65. The molecule has 2 rings (SSSR count). The van der Waals surface area contributed by atoms with Crippen LogP contribution in [0.25, 0.3) is 11.0 Å². The molecule has 1 amide bonds. The number of hydrogen-bond acceptors (Lipinski definition) is 2. The van der Waals surface area contributed by atoms with Crippen LogP contribution in [0.1, 0.15) is 10.5 Å². The molecule has 0 aliphatic rings. The highest BCUT2D eigenvalue weighted by atomic mass is 79.9. The standard InChI is InChI=1S/C8H7N3O.2BrH/c9-8(12)7-4-6-5(11-7)2-1-3-10-6;;/h1-4,11H,(H2,9,12);2*1H. The molecule has 0 saturated heterocycles. The second-order valence-corrected chi connectivity index (χ2v) is 2.48. The van der Waals surface area contributed by atoms with Gasteiger partial charge in [-0.25, -0.2) is 0 Å². The van der Waals surface area contributed by atoms with E-state index >= 15 is 0 Å². The highest BCUT2D eigenvalue weighted by molar-refractivity contribution is 8.93. The number of pyridine rings is 1. The van der Waals surface area contributed by atoms with Gasteiger partial charge in [0.15, 0.2) is 0 Å². The minimum Gasteiger partial charge on any atom is -0.364 e. The van der Waals surface area contributed by atoms with Crippen LogP contribution in [0, 0.1) is 0 Å². The molecular weight excluding hydrogens is 314 g/mol. The van der Waals surface area contributed by atoms with E-state index in [0.29, 0.717) is 5.69 Å². The number of nitrogens with two attached hydrogens (primary N) is 1. The zero-order valence-corrected chi connectivity index (χ0v) is 10.5. The molecule has 6 heteroatoms. The molecule has 0 aliphatic heterocycles. The number of H-pyrrole nitrogens is 1. The number of aromatic nitrogens is 2. The predicted molar refractivity (Wildman–Crippen MR) is 65.3 cm³/mol. The normalized spacial score (nSPS) is 8.86. The molecule has 0 spiro atoms. The molecule has 2 aromatic rings. The molecule has 3 N–H and O–H groups in total. The lowest BCUT2D eigenvalue weighted by molar-refractivity contribution is 0.0996. The van der Waals surface area contributed by atoms with Crippen LogP contribution >= 0.6 is 34.0 Å². The highest BCUT2D eigenvalue weighted by Gasteiger charge is 2.04. The van der Waals surface area contributed by atoms with E-state index in [0.717, 1.165) is 11.0 Å². The summed E-state index contributed by atoms with van der Waals surface area (Å²) in [5.74, 6) is -0.465. The number of primary amides is 1. The molecule has 0 aliphatic carbocycles. The highest BCUT2D eigenvalue weighted by Crippen LogP contribution is 2.10. The number of rotatable bonds is 1. The Balaban J connectivity index is 0.000000845. The summed E-state index contributed by atoms with van der Waals surface area (Å²) < 4.78 is 0. The Morgan fingerprint density at radius 3 is 2.71 bits per heavy atom. The van der Waals surface area contributed by atoms with E-state index in [1.54, 1.807) is 18.3 Å². The average Bonchev–Trinajstić information content (AvgIpc) is 2.46. The summed E-state index contributed by atoms with van der Waals surface area (Å²) in [5, 5.41) is 0. The van der Waals surface area contributed by atoms with Crippen molar-refractivity contribution in [3.63, 3.8) is 0 Å². The van der Waals surface area contributed by atoms with E-state index in [4.69, 9.17) is 5.73 Å². The van der Waals surface area contributed by atoms with Crippen molar-refractivity contribution in [3.05, 3.63) is 30.1 Å². The zero-order valence-electron chi connectivity index (χ0n) is 7.06. The molecule has 4 nitrogen and oxygen atoms in total. The summed E-state index contributed by atoms with van der Waals surface area (Å²) in [6, 6.07) is 5.27. The third kappa shape index (κ3) is 2.33. The zero-order chi connectivity index (χ0) is 8.55. The lowest BCUT2D eigenvalue weighted by Crippen LogP contribution is -2.10. The van der Waals surface area contributed by atoms with Crippen molar-refractivity contribution in [1.82, 2.24) is 9.97 Å². The maximum absolute atomic E-state index is 10.7. The van der Waals surface area contributed by atoms with Crippen molar-refractivity contribution in [1.29, 1.82) is 0 Å². The Hall–Kier alpha value is -0.880. The second-order valence-electron chi connectivity index (χ2n) is 2.48. The van der Waals surface area contributed by atoms with E-state index in [2.05, 4.69) is 9.97 Å². The molecule has 0 bridgehead atoms. The number of amides is 1. The van der Waals surface area contributed by atoms with Crippen molar-refractivity contribution >= 4 is 50.9 Å². The predicted octanol–water partition coefficient (Wildman–Crippen LogP) is 1.82. The summed E-state index contributed by atoms with van der Waals surface area (Å²) in [6.07, 6.45) is 1.67. The number of fused-ring (bicyclic) bond motifs is 1. The van der Waals surface area contributed by atoms with E-state index in [-0.39, 0.29) is 34.0 Å². The Morgan fingerprint density at radius 2 is 2.14 bits per heavy atom. The summed E-state index contributed by atoms with van der Waals surface area (Å²) >= 11 is 0. The Kier molecular flexibility index (Phi) is 4.79. The molecule has 0 fully saturated rings. The van der Waals surface area contributed by atoms with Crippen LogP contribution in [0.5, 0.6) is 0 Å². The van der Waals surface area contributed by atoms with Gasteiger partial charge >= 0.3 is 0 Å². The van der Waals surface area contributed by atoms with Crippen molar-refractivity contribution < 1.29 is 4.79 Å². The first kappa shape index (κ1) is 13.1.